The zero-order chi connectivity index (χ0) is 11.9. The topological polar surface area (TPSA) is 32.3 Å². The molecule has 0 heterocycles. The van der Waals surface area contributed by atoms with E-state index in [0.29, 0.717) is 13.1 Å². The highest BCUT2D eigenvalue weighted by Crippen LogP contribution is 2.11. The highest BCUT2D eigenvalue weighted by molar-refractivity contribution is 5.78. The van der Waals surface area contributed by atoms with Crippen LogP contribution in [0.25, 0.3) is 0 Å². The van der Waals surface area contributed by atoms with Crippen LogP contribution in [-0.2, 0) is 4.79 Å². The van der Waals surface area contributed by atoms with Crippen LogP contribution in [0.2, 0.25) is 0 Å². The number of hydrogen-bond donors (Lipinski definition) is 1. The summed E-state index contributed by atoms with van der Waals surface area (Å²) in [6, 6.07) is 0. The van der Waals surface area contributed by atoms with Gasteiger partial charge in [-0.1, -0.05) is 6.92 Å². The zero-order valence-corrected chi connectivity index (χ0v) is 9.02. The van der Waals surface area contributed by atoms with Crippen molar-refractivity contribution >= 4 is 5.91 Å². The Bertz CT molecular complexity index is 194. The molecular formula is C9H17F3N2O. The van der Waals surface area contributed by atoms with E-state index in [4.69, 9.17) is 0 Å². The second kappa shape index (κ2) is 6.66. The maximum Gasteiger partial charge on any atom is 0.401 e. The smallest absolute Gasteiger partial charge is 0.342 e. The van der Waals surface area contributed by atoms with Gasteiger partial charge in [0.25, 0.3) is 0 Å². The molecule has 0 aliphatic carbocycles. The second-order valence-corrected chi connectivity index (χ2v) is 3.19. The lowest BCUT2D eigenvalue weighted by atomic mass is 10.4. The number of amides is 1. The van der Waals surface area contributed by atoms with Gasteiger partial charge in [-0.25, -0.2) is 0 Å². The van der Waals surface area contributed by atoms with Gasteiger partial charge in [0.05, 0.1) is 13.1 Å². The van der Waals surface area contributed by atoms with E-state index in [2.05, 4.69) is 5.32 Å². The minimum Gasteiger partial charge on any atom is -0.342 e. The van der Waals surface area contributed by atoms with Gasteiger partial charge in [-0.15, -0.1) is 0 Å². The van der Waals surface area contributed by atoms with Crippen molar-refractivity contribution in [3.8, 4) is 0 Å². The van der Waals surface area contributed by atoms with Crippen molar-refractivity contribution in [2.75, 3.05) is 26.2 Å². The summed E-state index contributed by atoms with van der Waals surface area (Å²) in [6.45, 7) is 3.45. The molecule has 15 heavy (non-hydrogen) atoms. The van der Waals surface area contributed by atoms with Crippen molar-refractivity contribution in [3.63, 3.8) is 0 Å². The predicted molar refractivity (Wildman–Crippen MR) is 51.5 cm³/mol. The van der Waals surface area contributed by atoms with Crippen molar-refractivity contribution in [2.45, 2.75) is 26.4 Å². The van der Waals surface area contributed by atoms with Gasteiger partial charge in [0, 0.05) is 13.1 Å². The predicted octanol–water partition coefficient (Wildman–Crippen LogP) is 1.40. The summed E-state index contributed by atoms with van der Waals surface area (Å²) in [6.07, 6.45) is -3.46. The summed E-state index contributed by atoms with van der Waals surface area (Å²) < 4.78 is 35.2. The molecule has 0 aliphatic rings. The molecule has 0 atom stereocenters. The van der Waals surface area contributed by atoms with Crippen LogP contribution in [-0.4, -0.2) is 43.2 Å². The normalized spacial score (nSPS) is 11.5. The molecule has 0 aromatic rings. The lowest BCUT2D eigenvalue weighted by molar-refractivity contribution is -0.134. The number of alkyl halides is 3. The lowest BCUT2D eigenvalue weighted by Gasteiger charge is -2.20. The number of carbonyl (C=O) groups excluding carboxylic acids is 1. The van der Waals surface area contributed by atoms with Crippen molar-refractivity contribution in [1.82, 2.24) is 10.2 Å². The standard InChI is InChI=1S/C9H17F3N2O/c1-3-5-14(4-2)8(15)6-13-7-9(10,11)12/h13H,3-7H2,1-2H3. The molecule has 0 radical (unpaired) electrons. The number of nitrogens with zero attached hydrogens (tertiary/aromatic N) is 1. The van der Waals surface area contributed by atoms with Gasteiger partial charge in [0.1, 0.15) is 0 Å². The lowest BCUT2D eigenvalue weighted by Crippen LogP contribution is -2.41. The Morgan fingerprint density at radius 3 is 2.33 bits per heavy atom. The van der Waals surface area contributed by atoms with Gasteiger partial charge in [0.15, 0.2) is 0 Å². The number of rotatable bonds is 6. The molecule has 3 nitrogen and oxygen atoms in total. The van der Waals surface area contributed by atoms with E-state index in [-0.39, 0.29) is 12.5 Å². The van der Waals surface area contributed by atoms with Gasteiger partial charge in [-0.2, -0.15) is 13.2 Å². The van der Waals surface area contributed by atoms with E-state index in [0.717, 1.165) is 6.42 Å². The zero-order valence-electron chi connectivity index (χ0n) is 9.02. The van der Waals surface area contributed by atoms with Crippen LogP contribution in [0.15, 0.2) is 0 Å². The number of halogens is 3. The van der Waals surface area contributed by atoms with Gasteiger partial charge in [-0.3, -0.25) is 4.79 Å². The molecule has 1 N–H and O–H groups in total. The van der Waals surface area contributed by atoms with Crippen LogP contribution in [0.3, 0.4) is 0 Å². The number of likely N-dealkylation sites (N-methyl/N-ethyl adjacent to an activating group) is 1. The molecule has 0 bridgehead atoms. The Balaban J connectivity index is 3.81. The molecule has 90 valence electrons. The Kier molecular flexibility index (Phi) is 6.31. The average Bonchev–Trinajstić information content (AvgIpc) is 2.11. The average molecular weight is 226 g/mol. The molecule has 0 spiro atoms. The maximum absolute atomic E-state index is 11.7. The summed E-state index contributed by atoms with van der Waals surface area (Å²) >= 11 is 0. The molecule has 0 rings (SSSR count). The third-order valence-electron chi connectivity index (χ3n) is 1.83. The van der Waals surface area contributed by atoms with Crippen molar-refractivity contribution in [3.05, 3.63) is 0 Å². The monoisotopic (exact) mass is 226 g/mol. The van der Waals surface area contributed by atoms with Crippen molar-refractivity contribution < 1.29 is 18.0 Å². The van der Waals surface area contributed by atoms with E-state index in [1.165, 1.54) is 4.90 Å². The third-order valence-corrected chi connectivity index (χ3v) is 1.83. The summed E-state index contributed by atoms with van der Waals surface area (Å²) in [4.78, 5) is 12.9. The van der Waals surface area contributed by atoms with Crippen molar-refractivity contribution in [1.29, 1.82) is 0 Å². The van der Waals surface area contributed by atoms with E-state index in [1.54, 1.807) is 6.92 Å². The Labute approximate surface area is 87.6 Å². The van der Waals surface area contributed by atoms with Crippen molar-refractivity contribution in [2.24, 2.45) is 0 Å². The molecule has 0 unspecified atom stereocenters. The van der Waals surface area contributed by atoms with E-state index in [1.807, 2.05) is 6.92 Å². The van der Waals surface area contributed by atoms with E-state index >= 15 is 0 Å². The largest absolute Gasteiger partial charge is 0.401 e. The first-order valence-electron chi connectivity index (χ1n) is 4.96. The third kappa shape index (κ3) is 7.18. The fourth-order valence-corrected chi connectivity index (χ4v) is 1.15. The summed E-state index contributed by atoms with van der Waals surface area (Å²) in [5.74, 6) is -0.288. The molecule has 0 fully saturated rings. The van der Waals surface area contributed by atoms with Crippen LogP contribution >= 0.6 is 0 Å². The molecular weight excluding hydrogens is 209 g/mol. The van der Waals surface area contributed by atoms with Gasteiger partial charge >= 0.3 is 6.18 Å². The van der Waals surface area contributed by atoms with Gasteiger partial charge in [0.2, 0.25) is 5.91 Å². The minimum absolute atomic E-state index is 0.257. The first kappa shape index (κ1) is 14.2. The van der Waals surface area contributed by atoms with Crippen LogP contribution in [0.4, 0.5) is 13.2 Å². The molecule has 1 amide bonds. The summed E-state index contributed by atoms with van der Waals surface area (Å²) in [5.41, 5.74) is 0. The number of hydrogen-bond acceptors (Lipinski definition) is 2. The Morgan fingerprint density at radius 2 is 1.93 bits per heavy atom. The number of nitrogens with one attached hydrogen (secondary N) is 1. The maximum atomic E-state index is 11.7. The molecule has 0 aromatic heterocycles. The fraction of sp³-hybridized carbons (Fsp3) is 0.889. The minimum atomic E-state index is -4.26. The van der Waals surface area contributed by atoms with E-state index in [9.17, 15) is 18.0 Å². The molecule has 0 aliphatic heterocycles. The summed E-state index contributed by atoms with van der Waals surface area (Å²) in [5, 5.41) is 2.08. The van der Waals surface area contributed by atoms with E-state index < -0.39 is 12.7 Å². The Morgan fingerprint density at radius 1 is 1.33 bits per heavy atom. The highest BCUT2D eigenvalue weighted by atomic mass is 19.4. The first-order valence-corrected chi connectivity index (χ1v) is 4.96. The highest BCUT2D eigenvalue weighted by Gasteiger charge is 2.26. The second-order valence-electron chi connectivity index (χ2n) is 3.19. The van der Waals surface area contributed by atoms with Crippen LogP contribution in [0, 0.1) is 0 Å². The van der Waals surface area contributed by atoms with Crippen LogP contribution < -0.4 is 5.32 Å². The molecule has 6 heteroatoms. The molecule has 0 aromatic carbocycles. The summed E-state index contributed by atoms with van der Waals surface area (Å²) in [7, 11) is 0. The fourth-order valence-electron chi connectivity index (χ4n) is 1.15. The van der Waals surface area contributed by atoms with Crippen LogP contribution in [0.5, 0.6) is 0 Å². The SMILES string of the molecule is CCCN(CC)C(=O)CNCC(F)(F)F. The van der Waals surface area contributed by atoms with Gasteiger partial charge in [-0.05, 0) is 13.3 Å². The van der Waals surface area contributed by atoms with Gasteiger partial charge < -0.3 is 10.2 Å². The molecule has 0 saturated carbocycles. The Hall–Kier alpha value is -0.780. The van der Waals surface area contributed by atoms with Crippen LogP contribution in [0.1, 0.15) is 20.3 Å². The quantitative estimate of drug-likeness (QED) is 0.742. The first-order chi connectivity index (χ1) is 6.90. The number of carbonyl (C=O) groups is 1. The molecule has 0 saturated heterocycles.